The Balaban J connectivity index is 1.81. The average molecular weight is 648 g/mol. The van der Waals surface area contributed by atoms with E-state index < -0.39 is 75.9 Å². The molecule has 1 saturated heterocycles. The van der Waals surface area contributed by atoms with Gasteiger partial charge in [0.25, 0.3) is 11.5 Å². The lowest BCUT2D eigenvalue weighted by Gasteiger charge is -2.50. The number of aliphatic hydroxyl groups is 1. The number of aliphatic hydroxyl groups excluding tert-OH is 1. The monoisotopic (exact) mass is 647 g/mol. The van der Waals surface area contributed by atoms with Gasteiger partial charge in [0.05, 0.1) is 46.9 Å². The number of fused-ring (bicyclic) bond motifs is 5. The molecule has 47 heavy (non-hydrogen) atoms. The number of phenolic OH excluding ortho intramolecular Hbond substituents is 1. The average Bonchev–Trinajstić information content (AvgIpc) is 3.03. The minimum Gasteiger partial charge on any atom is -0.507 e. The van der Waals surface area contributed by atoms with Crippen LogP contribution in [0.3, 0.4) is 0 Å². The molecule has 13 heteroatoms. The third-order valence-corrected chi connectivity index (χ3v) is 8.95. The van der Waals surface area contributed by atoms with Crippen LogP contribution in [-0.2, 0) is 16.2 Å². The standard InChI is InChI=1S/C34H32F3N5O5/c1-6-24(45)40-14-22-33(46)39(5)32-31(41(22)13-17(40)4)19-12-21(36)26(25-20(35)8-7-9-23(25)44)27(37)30(19)42(34(32)47)29-18(15-43)10-11-38-28(29)16(2)3/h6-12,16-17,22,43-44H,1,13-15H2,2-5H3. The molecule has 2 N–H and O–H groups in total. The number of anilines is 2. The Hall–Kier alpha value is -5.17. The number of carbonyl (C=O) groups is 2. The van der Waals surface area contributed by atoms with Crippen molar-refractivity contribution in [3.05, 3.63) is 88.2 Å². The molecule has 6 rings (SSSR count). The van der Waals surface area contributed by atoms with Crippen LogP contribution in [0, 0.1) is 17.5 Å². The summed E-state index contributed by atoms with van der Waals surface area (Å²) in [6.07, 6.45) is 2.56. The van der Waals surface area contributed by atoms with Gasteiger partial charge in [0.1, 0.15) is 29.1 Å². The van der Waals surface area contributed by atoms with Crippen LogP contribution >= 0.6 is 0 Å². The number of carbonyl (C=O) groups excluding carboxylic acids is 2. The number of phenols is 1. The molecule has 1 fully saturated rings. The molecule has 2 aromatic carbocycles. The van der Waals surface area contributed by atoms with Crippen LogP contribution in [0.2, 0.25) is 0 Å². The van der Waals surface area contributed by atoms with Gasteiger partial charge in [-0.2, -0.15) is 0 Å². The van der Waals surface area contributed by atoms with Crippen molar-refractivity contribution in [2.45, 2.75) is 45.4 Å². The maximum Gasteiger partial charge on any atom is 0.281 e. The molecule has 244 valence electrons. The number of likely N-dealkylation sites (N-methyl/N-ethyl adjacent to an activating group) is 1. The number of pyridine rings is 2. The third-order valence-electron chi connectivity index (χ3n) is 8.95. The highest BCUT2D eigenvalue weighted by Gasteiger charge is 2.46. The van der Waals surface area contributed by atoms with E-state index in [0.29, 0.717) is 5.69 Å². The van der Waals surface area contributed by atoms with Gasteiger partial charge in [0, 0.05) is 36.8 Å². The Morgan fingerprint density at radius 2 is 1.81 bits per heavy atom. The summed E-state index contributed by atoms with van der Waals surface area (Å²) in [6.45, 7) is 8.20. The molecule has 0 aliphatic carbocycles. The first-order chi connectivity index (χ1) is 22.3. The molecule has 2 atom stereocenters. The summed E-state index contributed by atoms with van der Waals surface area (Å²) >= 11 is 0. The quantitative estimate of drug-likeness (QED) is 0.309. The van der Waals surface area contributed by atoms with E-state index in [1.807, 2.05) is 0 Å². The molecule has 4 heterocycles. The summed E-state index contributed by atoms with van der Waals surface area (Å²) in [5.41, 5.74) is -2.62. The lowest BCUT2D eigenvalue weighted by molar-refractivity contribution is -0.130. The summed E-state index contributed by atoms with van der Waals surface area (Å²) in [5.74, 6) is -5.70. The minimum absolute atomic E-state index is 0.0229. The predicted octanol–water partition coefficient (Wildman–Crippen LogP) is 4.36. The first-order valence-corrected chi connectivity index (χ1v) is 15.0. The molecule has 0 bridgehead atoms. The van der Waals surface area contributed by atoms with Crippen LogP contribution in [0.15, 0.2) is 54.0 Å². The number of aromatic nitrogens is 2. The number of hydrogen-bond donors (Lipinski definition) is 2. The summed E-state index contributed by atoms with van der Waals surface area (Å²) in [7, 11) is 1.37. The lowest BCUT2D eigenvalue weighted by atomic mass is 9.94. The zero-order valence-corrected chi connectivity index (χ0v) is 26.1. The second-order valence-corrected chi connectivity index (χ2v) is 12.0. The van der Waals surface area contributed by atoms with E-state index in [1.54, 1.807) is 25.7 Å². The van der Waals surface area contributed by atoms with E-state index in [0.717, 1.165) is 33.7 Å². The number of benzene rings is 2. The molecule has 2 aromatic heterocycles. The second-order valence-electron chi connectivity index (χ2n) is 12.0. The number of piperazine rings is 1. The Labute approximate surface area is 267 Å². The number of nitrogens with zero attached hydrogens (tertiary/aromatic N) is 5. The van der Waals surface area contributed by atoms with E-state index in [-0.39, 0.29) is 47.0 Å². The van der Waals surface area contributed by atoms with Crippen molar-refractivity contribution < 1.29 is 33.0 Å². The van der Waals surface area contributed by atoms with Gasteiger partial charge in [0.2, 0.25) is 5.91 Å². The van der Waals surface area contributed by atoms with E-state index in [1.165, 1.54) is 30.3 Å². The van der Waals surface area contributed by atoms with Crippen molar-refractivity contribution in [2.24, 2.45) is 0 Å². The Bertz CT molecular complexity index is 2040. The maximum absolute atomic E-state index is 17.2. The first-order valence-electron chi connectivity index (χ1n) is 15.0. The molecule has 0 spiro atoms. The molecular formula is C34H32F3N5O5. The van der Waals surface area contributed by atoms with E-state index in [2.05, 4.69) is 11.6 Å². The fraction of sp³-hybridized carbons (Fsp3) is 0.294. The SMILES string of the molecule is C=CC(=O)N1CC2C(=O)N(C)c3c(c4cc(F)c(-c5c(O)cccc5F)c(F)c4n(-c4c(CO)ccnc4C(C)C)c3=O)N2CC1C. The fourth-order valence-corrected chi connectivity index (χ4v) is 6.75. The Morgan fingerprint density at radius 3 is 2.45 bits per heavy atom. The molecule has 2 unspecified atom stereocenters. The van der Waals surface area contributed by atoms with Crippen LogP contribution in [0.1, 0.15) is 37.9 Å². The zero-order valence-electron chi connectivity index (χ0n) is 26.1. The van der Waals surface area contributed by atoms with Crippen molar-refractivity contribution in [3.63, 3.8) is 0 Å². The summed E-state index contributed by atoms with van der Waals surface area (Å²) in [5, 5.41) is 20.8. The minimum atomic E-state index is -1.35. The molecule has 2 aliphatic rings. The predicted molar refractivity (Wildman–Crippen MR) is 170 cm³/mol. The van der Waals surface area contributed by atoms with E-state index >= 15 is 13.2 Å². The summed E-state index contributed by atoms with van der Waals surface area (Å²) < 4.78 is 49.6. The Kier molecular flexibility index (Phi) is 7.83. The topological polar surface area (TPSA) is 119 Å². The van der Waals surface area contributed by atoms with Crippen molar-refractivity contribution >= 4 is 34.1 Å². The van der Waals surface area contributed by atoms with Crippen molar-refractivity contribution in [1.82, 2.24) is 14.5 Å². The van der Waals surface area contributed by atoms with E-state index in [4.69, 9.17) is 0 Å². The van der Waals surface area contributed by atoms with E-state index in [9.17, 15) is 24.6 Å². The van der Waals surface area contributed by atoms with Gasteiger partial charge < -0.3 is 24.9 Å². The largest absolute Gasteiger partial charge is 0.507 e. The highest BCUT2D eigenvalue weighted by Crippen LogP contribution is 2.46. The van der Waals surface area contributed by atoms with Crippen LogP contribution < -0.4 is 15.4 Å². The smallest absolute Gasteiger partial charge is 0.281 e. The third kappa shape index (κ3) is 4.67. The number of halogens is 3. The van der Waals surface area contributed by atoms with Gasteiger partial charge >= 0.3 is 0 Å². The lowest BCUT2D eigenvalue weighted by Crippen LogP contribution is -2.66. The molecular weight excluding hydrogens is 615 g/mol. The van der Waals surface area contributed by atoms with Crippen LogP contribution in [-0.4, -0.2) is 68.7 Å². The molecule has 0 saturated carbocycles. The normalized spacial score (nSPS) is 17.7. The van der Waals surface area contributed by atoms with Crippen molar-refractivity contribution in [2.75, 3.05) is 29.9 Å². The highest BCUT2D eigenvalue weighted by molar-refractivity contribution is 6.13. The first kappa shape index (κ1) is 31.8. The van der Waals surface area contributed by atoms with Gasteiger partial charge in [-0.3, -0.25) is 23.9 Å². The summed E-state index contributed by atoms with van der Waals surface area (Å²) in [6, 6.07) is 4.10. The van der Waals surface area contributed by atoms with Gasteiger partial charge in [-0.25, -0.2) is 13.2 Å². The number of rotatable bonds is 5. The number of aromatic hydroxyl groups is 1. The van der Waals surface area contributed by atoms with Crippen LogP contribution in [0.5, 0.6) is 5.75 Å². The van der Waals surface area contributed by atoms with Gasteiger partial charge in [-0.05, 0) is 43.2 Å². The maximum atomic E-state index is 17.2. The molecule has 2 aliphatic heterocycles. The Morgan fingerprint density at radius 1 is 1.09 bits per heavy atom. The van der Waals surface area contributed by atoms with Gasteiger partial charge in [-0.15, -0.1) is 0 Å². The van der Waals surface area contributed by atoms with Crippen molar-refractivity contribution in [1.29, 1.82) is 0 Å². The second kappa shape index (κ2) is 11.6. The summed E-state index contributed by atoms with van der Waals surface area (Å²) in [4.78, 5) is 49.9. The van der Waals surface area contributed by atoms with Crippen LogP contribution in [0.25, 0.3) is 27.7 Å². The van der Waals surface area contributed by atoms with Gasteiger partial charge in [-0.1, -0.05) is 26.5 Å². The molecule has 4 aromatic rings. The number of amides is 2. The van der Waals surface area contributed by atoms with Crippen molar-refractivity contribution in [3.8, 4) is 22.6 Å². The highest BCUT2D eigenvalue weighted by atomic mass is 19.1. The molecule has 2 amide bonds. The number of hydrogen-bond acceptors (Lipinski definition) is 7. The van der Waals surface area contributed by atoms with Crippen LogP contribution in [0.4, 0.5) is 24.5 Å². The molecule has 0 radical (unpaired) electrons. The fourth-order valence-electron chi connectivity index (χ4n) is 6.75. The molecule has 10 nitrogen and oxygen atoms in total. The van der Waals surface area contributed by atoms with Gasteiger partial charge in [0.15, 0.2) is 5.82 Å². The zero-order chi connectivity index (χ0) is 34.1.